The Balaban J connectivity index is 1.75. The van der Waals surface area contributed by atoms with Crippen LogP contribution >= 0.6 is 11.6 Å². The van der Waals surface area contributed by atoms with Crippen molar-refractivity contribution < 1.29 is 26.7 Å². The summed E-state index contributed by atoms with van der Waals surface area (Å²) < 4.78 is 61.9. The minimum Gasteiger partial charge on any atom is -0.491 e. The van der Waals surface area contributed by atoms with Crippen LogP contribution in [-0.2, 0) is 10.0 Å². The molecule has 0 saturated carbocycles. The van der Waals surface area contributed by atoms with E-state index in [9.17, 15) is 17.6 Å². The van der Waals surface area contributed by atoms with Gasteiger partial charge in [-0.25, -0.2) is 22.2 Å². The molecule has 11 heteroatoms. The predicted molar refractivity (Wildman–Crippen MR) is 140 cm³/mol. The summed E-state index contributed by atoms with van der Waals surface area (Å²) in [5, 5.41) is 0.712. The fraction of sp³-hybridized carbons (Fsp3) is 0.231. The molecule has 0 unspecified atom stereocenters. The van der Waals surface area contributed by atoms with Crippen LogP contribution in [0.2, 0.25) is 5.02 Å². The summed E-state index contributed by atoms with van der Waals surface area (Å²) in [6, 6.07) is 8.60. The number of aromatic amines is 1. The minimum absolute atomic E-state index is 0.0328. The van der Waals surface area contributed by atoms with Gasteiger partial charge in [0.1, 0.15) is 17.2 Å². The maximum absolute atomic E-state index is 15.2. The topological polar surface area (TPSA) is 101 Å². The van der Waals surface area contributed by atoms with E-state index in [-0.39, 0.29) is 17.4 Å². The van der Waals surface area contributed by atoms with Gasteiger partial charge in [-0.3, -0.25) is 9.52 Å². The van der Waals surface area contributed by atoms with Gasteiger partial charge in [0.25, 0.3) is 0 Å². The molecule has 0 radical (unpaired) electrons. The number of halogens is 3. The highest BCUT2D eigenvalue weighted by molar-refractivity contribution is 7.92. The molecule has 2 N–H and O–H groups in total. The lowest BCUT2D eigenvalue weighted by atomic mass is 9.99. The number of ketones is 1. The van der Waals surface area contributed by atoms with Gasteiger partial charge in [0.15, 0.2) is 5.82 Å². The van der Waals surface area contributed by atoms with Crippen LogP contribution in [-0.4, -0.2) is 36.0 Å². The zero-order chi connectivity index (χ0) is 26.9. The number of carbonyl (C=O) groups excluding carboxylic acids is 1. The lowest BCUT2D eigenvalue weighted by Gasteiger charge is -2.12. The van der Waals surface area contributed by atoms with E-state index in [4.69, 9.17) is 16.3 Å². The number of fused-ring (bicyclic) bond motifs is 1. The summed E-state index contributed by atoms with van der Waals surface area (Å²) in [7, 11) is -3.86. The molecule has 0 aliphatic heterocycles. The Labute approximate surface area is 217 Å². The highest BCUT2D eigenvalue weighted by Gasteiger charge is 2.26. The summed E-state index contributed by atoms with van der Waals surface area (Å²) >= 11 is 6.47. The normalized spacial score (nSPS) is 11.8. The molecule has 7 nitrogen and oxygen atoms in total. The number of ether oxygens (including phenoxy) is 1. The molecule has 37 heavy (non-hydrogen) atoms. The molecule has 194 valence electrons. The van der Waals surface area contributed by atoms with Gasteiger partial charge >= 0.3 is 0 Å². The van der Waals surface area contributed by atoms with E-state index in [0.717, 1.165) is 12.1 Å². The smallest absolute Gasteiger partial charge is 0.232 e. The van der Waals surface area contributed by atoms with Crippen molar-refractivity contribution in [3.63, 3.8) is 0 Å². The van der Waals surface area contributed by atoms with Gasteiger partial charge < -0.3 is 9.72 Å². The monoisotopic (exact) mass is 547 g/mol. The van der Waals surface area contributed by atoms with Crippen molar-refractivity contribution in [1.29, 1.82) is 0 Å². The summed E-state index contributed by atoms with van der Waals surface area (Å²) in [4.78, 5) is 20.5. The minimum atomic E-state index is -3.86. The molecule has 2 heterocycles. The number of H-pyrrole nitrogens is 1. The van der Waals surface area contributed by atoms with Crippen molar-refractivity contribution in [3.8, 4) is 16.9 Å². The highest BCUT2D eigenvalue weighted by Crippen LogP contribution is 2.34. The first kappa shape index (κ1) is 26.6. The van der Waals surface area contributed by atoms with Gasteiger partial charge in [-0.05, 0) is 56.7 Å². The molecule has 4 aromatic rings. The van der Waals surface area contributed by atoms with Crippen molar-refractivity contribution in [1.82, 2.24) is 9.97 Å². The maximum atomic E-state index is 15.2. The van der Waals surface area contributed by atoms with Crippen LogP contribution in [0.15, 0.2) is 48.8 Å². The summed E-state index contributed by atoms with van der Waals surface area (Å²) in [6.07, 6.45) is 3.13. The van der Waals surface area contributed by atoms with Crippen LogP contribution in [0.4, 0.5) is 14.5 Å². The highest BCUT2D eigenvalue weighted by atomic mass is 35.5. The van der Waals surface area contributed by atoms with E-state index >= 15 is 4.39 Å². The SMILES string of the molecule is CCCS(=O)(=O)Nc1ccc(F)c(C(=O)c2c[nH]c3ncc(-c4ccc(OC(C)C)cc4Cl)cc23)c1F. The Morgan fingerprint density at radius 2 is 1.95 bits per heavy atom. The van der Waals surface area contributed by atoms with E-state index in [2.05, 4.69) is 14.7 Å². The van der Waals surface area contributed by atoms with Crippen molar-refractivity contribution in [3.05, 3.63) is 76.6 Å². The van der Waals surface area contributed by atoms with E-state index in [1.54, 1.807) is 37.4 Å². The largest absolute Gasteiger partial charge is 0.491 e. The fourth-order valence-electron chi connectivity index (χ4n) is 3.88. The fourth-order valence-corrected chi connectivity index (χ4v) is 5.29. The number of aromatic nitrogens is 2. The van der Waals surface area contributed by atoms with Crippen LogP contribution in [0.3, 0.4) is 0 Å². The second-order valence-electron chi connectivity index (χ2n) is 8.66. The third-order valence-electron chi connectivity index (χ3n) is 5.46. The number of nitrogens with one attached hydrogen (secondary N) is 2. The lowest BCUT2D eigenvalue weighted by molar-refractivity contribution is 0.103. The number of pyridine rings is 1. The van der Waals surface area contributed by atoms with E-state index in [1.807, 2.05) is 13.8 Å². The Morgan fingerprint density at radius 1 is 1.19 bits per heavy atom. The zero-order valence-electron chi connectivity index (χ0n) is 20.2. The predicted octanol–water partition coefficient (Wildman–Crippen LogP) is 6.33. The van der Waals surface area contributed by atoms with Crippen LogP contribution in [0.5, 0.6) is 5.75 Å². The van der Waals surface area contributed by atoms with Gasteiger partial charge in [0.05, 0.1) is 28.1 Å². The van der Waals surface area contributed by atoms with E-state index in [1.165, 1.54) is 6.20 Å². The Bertz CT molecular complexity index is 1600. The first-order chi connectivity index (χ1) is 17.5. The van der Waals surface area contributed by atoms with Gasteiger partial charge in [-0.1, -0.05) is 18.5 Å². The average molecular weight is 548 g/mol. The number of hydrogen-bond donors (Lipinski definition) is 2. The van der Waals surface area contributed by atoms with E-state index < -0.39 is 38.7 Å². The average Bonchev–Trinajstić information content (AvgIpc) is 3.24. The molecule has 0 aliphatic rings. The molecule has 4 rings (SSSR count). The molecule has 0 fully saturated rings. The third-order valence-corrected chi connectivity index (χ3v) is 7.24. The molecule has 0 aliphatic carbocycles. The number of hydrogen-bond acceptors (Lipinski definition) is 5. The standard InChI is InChI=1S/C26H24ClF2N3O4S/c1-4-9-37(34,35)32-22-8-7-21(28)23(24(22)29)25(33)19-13-31-26-18(19)10-15(12-30-26)17-6-5-16(11-20(17)27)36-14(2)3/h5-8,10-14,32H,4,9H2,1-3H3,(H,30,31). The molecular formula is C26H24ClF2N3O4S. The second kappa shape index (κ2) is 10.5. The summed E-state index contributed by atoms with van der Waals surface area (Å²) in [6.45, 7) is 5.44. The molecule has 0 saturated heterocycles. The van der Waals surface area contributed by atoms with Gasteiger partial charge in [-0.2, -0.15) is 0 Å². The number of nitrogens with zero attached hydrogens (tertiary/aromatic N) is 1. The maximum Gasteiger partial charge on any atom is 0.232 e. The van der Waals surface area contributed by atoms with Gasteiger partial charge in [-0.15, -0.1) is 0 Å². The van der Waals surface area contributed by atoms with Crippen LogP contribution in [0, 0.1) is 11.6 Å². The van der Waals surface area contributed by atoms with Crippen LogP contribution in [0.1, 0.15) is 43.1 Å². The Hall–Kier alpha value is -3.50. The number of sulfonamides is 1. The van der Waals surface area contributed by atoms with Crippen molar-refractivity contribution in [2.24, 2.45) is 0 Å². The van der Waals surface area contributed by atoms with Crippen molar-refractivity contribution in [2.45, 2.75) is 33.3 Å². The number of anilines is 1. The zero-order valence-corrected chi connectivity index (χ0v) is 21.8. The molecule has 2 aromatic heterocycles. The third kappa shape index (κ3) is 5.60. The molecule has 0 amide bonds. The summed E-state index contributed by atoms with van der Waals surface area (Å²) in [5.41, 5.74) is 0.0968. The first-order valence-corrected chi connectivity index (χ1v) is 13.5. The first-order valence-electron chi connectivity index (χ1n) is 11.5. The quantitative estimate of drug-likeness (QED) is 0.238. The van der Waals surface area contributed by atoms with Crippen molar-refractivity contribution in [2.75, 3.05) is 10.5 Å². The van der Waals surface area contributed by atoms with Crippen LogP contribution in [0.25, 0.3) is 22.2 Å². The molecule has 2 aromatic carbocycles. The number of carbonyl (C=O) groups is 1. The molecular weight excluding hydrogens is 524 g/mol. The van der Waals surface area contributed by atoms with Gasteiger partial charge in [0, 0.05) is 34.5 Å². The van der Waals surface area contributed by atoms with Crippen LogP contribution < -0.4 is 9.46 Å². The lowest BCUT2D eigenvalue weighted by Crippen LogP contribution is -2.18. The summed E-state index contributed by atoms with van der Waals surface area (Å²) in [5.74, 6) is -3.05. The molecule has 0 spiro atoms. The van der Waals surface area contributed by atoms with E-state index in [0.29, 0.717) is 39.4 Å². The Morgan fingerprint density at radius 3 is 2.62 bits per heavy atom. The Kier molecular flexibility index (Phi) is 7.52. The second-order valence-corrected chi connectivity index (χ2v) is 10.9. The molecule has 0 atom stereocenters. The molecule has 0 bridgehead atoms. The number of rotatable bonds is 9. The van der Waals surface area contributed by atoms with Gasteiger partial charge in [0.2, 0.25) is 15.8 Å². The van der Waals surface area contributed by atoms with Crippen molar-refractivity contribution >= 4 is 44.1 Å². The number of benzene rings is 2.